The van der Waals surface area contributed by atoms with Gasteiger partial charge in [-0.3, -0.25) is 4.72 Å². The third-order valence-electron chi connectivity index (χ3n) is 3.08. The quantitative estimate of drug-likeness (QED) is 0.850. The Morgan fingerprint density at radius 3 is 2.76 bits per heavy atom. The standard InChI is InChI=1S/C14H20N4O2S/c1-4-15-9-12-8-13(10-18(12)3)21(19,20)17-14-7-5-6-11(2)16-14/h5-8,10,15H,4,9H2,1-3H3,(H,16,17). The van der Waals surface area contributed by atoms with Crippen LogP contribution in [0.3, 0.4) is 0 Å². The molecule has 0 saturated heterocycles. The maximum Gasteiger partial charge on any atom is 0.264 e. The van der Waals surface area contributed by atoms with E-state index < -0.39 is 10.0 Å². The highest BCUT2D eigenvalue weighted by Gasteiger charge is 2.18. The van der Waals surface area contributed by atoms with Gasteiger partial charge in [-0.2, -0.15) is 0 Å². The summed E-state index contributed by atoms with van der Waals surface area (Å²) in [6, 6.07) is 6.88. The molecule has 0 aliphatic carbocycles. The van der Waals surface area contributed by atoms with Crippen molar-refractivity contribution in [2.45, 2.75) is 25.3 Å². The van der Waals surface area contributed by atoms with Gasteiger partial charge in [0.25, 0.3) is 10.0 Å². The first-order valence-corrected chi connectivity index (χ1v) is 8.23. The number of aryl methyl sites for hydroxylation is 2. The SMILES string of the molecule is CCNCc1cc(S(=O)(=O)Nc2cccc(C)n2)cn1C. The van der Waals surface area contributed by atoms with E-state index >= 15 is 0 Å². The summed E-state index contributed by atoms with van der Waals surface area (Å²) in [5.41, 5.74) is 1.67. The molecule has 2 N–H and O–H groups in total. The zero-order valence-electron chi connectivity index (χ0n) is 12.4. The van der Waals surface area contributed by atoms with Crippen LogP contribution in [-0.4, -0.2) is 24.5 Å². The summed E-state index contributed by atoms with van der Waals surface area (Å²) in [6.07, 6.45) is 1.60. The molecule has 0 aliphatic heterocycles. The van der Waals surface area contributed by atoms with E-state index in [1.165, 1.54) is 0 Å². The van der Waals surface area contributed by atoms with Crippen LogP contribution in [0.25, 0.3) is 0 Å². The molecule has 0 fully saturated rings. The highest BCUT2D eigenvalue weighted by molar-refractivity contribution is 7.92. The summed E-state index contributed by atoms with van der Waals surface area (Å²) in [6.45, 7) is 5.28. The molecular formula is C14H20N4O2S. The van der Waals surface area contributed by atoms with Crippen LogP contribution in [0, 0.1) is 6.92 Å². The number of anilines is 1. The predicted molar refractivity (Wildman–Crippen MR) is 82.6 cm³/mol. The fraction of sp³-hybridized carbons (Fsp3) is 0.357. The molecule has 114 valence electrons. The maximum atomic E-state index is 12.4. The largest absolute Gasteiger partial charge is 0.352 e. The molecule has 0 atom stereocenters. The second-order valence-corrected chi connectivity index (χ2v) is 6.51. The maximum absolute atomic E-state index is 12.4. The molecule has 0 saturated carbocycles. The molecular weight excluding hydrogens is 288 g/mol. The summed E-state index contributed by atoms with van der Waals surface area (Å²) < 4.78 is 29.0. The van der Waals surface area contributed by atoms with Gasteiger partial charge < -0.3 is 9.88 Å². The van der Waals surface area contributed by atoms with Crippen LogP contribution in [-0.2, 0) is 23.6 Å². The van der Waals surface area contributed by atoms with Crippen LogP contribution in [0.5, 0.6) is 0 Å². The number of sulfonamides is 1. The van der Waals surface area contributed by atoms with Gasteiger partial charge in [0.05, 0.1) is 0 Å². The average Bonchev–Trinajstić information content (AvgIpc) is 2.78. The minimum Gasteiger partial charge on any atom is -0.352 e. The van der Waals surface area contributed by atoms with Crippen molar-refractivity contribution < 1.29 is 8.42 Å². The normalized spacial score (nSPS) is 11.6. The fourth-order valence-corrected chi connectivity index (χ4v) is 3.04. The van der Waals surface area contributed by atoms with Gasteiger partial charge in [-0.05, 0) is 31.7 Å². The van der Waals surface area contributed by atoms with Crippen LogP contribution in [0.15, 0.2) is 35.4 Å². The Balaban J connectivity index is 2.23. The fourth-order valence-electron chi connectivity index (χ4n) is 1.95. The number of hydrogen-bond acceptors (Lipinski definition) is 4. The third-order valence-corrected chi connectivity index (χ3v) is 4.40. The molecule has 2 rings (SSSR count). The Morgan fingerprint density at radius 1 is 1.33 bits per heavy atom. The first-order valence-electron chi connectivity index (χ1n) is 6.75. The number of rotatable bonds is 6. The molecule has 0 unspecified atom stereocenters. The van der Waals surface area contributed by atoms with Crippen molar-refractivity contribution >= 4 is 15.8 Å². The Labute approximate surface area is 125 Å². The summed E-state index contributed by atoms with van der Waals surface area (Å²) in [5, 5.41) is 3.18. The molecule has 2 aromatic rings. The van der Waals surface area contributed by atoms with Gasteiger partial charge >= 0.3 is 0 Å². The Morgan fingerprint density at radius 2 is 2.10 bits per heavy atom. The minimum atomic E-state index is -3.62. The smallest absolute Gasteiger partial charge is 0.264 e. The van der Waals surface area contributed by atoms with Crippen molar-refractivity contribution in [1.29, 1.82) is 0 Å². The van der Waals surface area contributed by atoms with Gasteiger partial charge in [-0.25, -0.2) is 13.4 Å². The lowest BCUT2D eigenvalue weighted by atomic mass is 10.4. The van der Waals surface area contributed by atoms with Crippen molar-refractivity contribution in [1.82, 2.24) is 14.9 Å². The predicted octanol–water partition coefficient (Wildman–Crippen LogP) is 1.64. The van der Waals surface area contributed by atoms with Gasteiger partial charge in [0, 0.05) is 31.2 Å². The molecule has 2 aromatic heterocycles. The van der Waals surface area contributed by atoms with Gasteiger partial charge in [0.1, 0.15) is 10.7 Å². The van der Waals surface area contributed by atoms with E-state index in [2.05, 4.69) is 15.0 Å². The number of pyridine rings is 1. The summed E-state index contributed by atoms with van der Waals surface area (Å²) in [4.78, 5) is 4.39. The highest BCUT2D eigenvalue weighted by Crippen LogP contribution is 2.17. The minimum absolute atomic E-state index is 0.237. The second-order valence-electron chi connectivity index (χ2n) is 4.83. The molecule has 0 spiro atoms. The summed E-state index contributed by atoms with van der Waals surface area (Å²) >= 11 is 0. The van der Waals surface area contributed by atoms with Crippen LogP contribution in [0.1, 0.15) is 18.3 Å². The van der Waals surface area contributed by atoms with Gasteiger partial charge in [0.15, 0.2) is 0 Å². The topological polar surface area (TPSA) is 76.0 Å². The van der Waals surface area contributed by atoms with E-state index in [1.54, 1.807) is 29.0 Å². The van der Waals surface area contributed by atoms with Gasteiger partial charge in [-0.15, -0.1) is 0 Å². The van der Waals surface area contributed by atoms with E-state index in [9.17, 15) is 8.42 Å². The number of aromatic nitrogens is 2. The van der Waals surface area contributed by atoms with Crippen LogP contribution < -0.4 is 10.0 Å². The van der Waals surface area contributed by atoms with E-state index in [0.717, 1.165) is 17.9 Å². The van der Waals surface area contributed by atoms with Gasteiger partial charge in [-0.1, -0.05) is 13.0 Å². The Bertz CT molecular complexity index is 722. The van der Waals surface area contributed by atoms with Crippen molar-refractivity contribution in [3.63, 3.8) is 0 Å². The molecule has 0 bridgehead atoms. The molecule has 2 heterocycles. The zero-order valence-corrected chi connectivity index (χ0v) is 13.2. The lowest BCUT2D eigenvalue weighted by Gasteiger charge is -2.05. The zero-order chi connectivity index (χ0) is 15.5. The highest BCUT2D eigenvalue weighted by atomic mass is 32.2. The van der Waals surface area contributed by atoms with Crippen LogP contribution in [0.2, 0.25) is 0 Å². The number of hydrogen-bond donors (Lipinski definition) is 2. The van der Waals surface area contributed by atoms with E-state index in [-0.39, 0.29) is 4.90 Å². The summed E-state index contributed by atoms with van der Waals surface area (Å²) in [5.74, 6) is 0.326. The molecule has 21 heavy (non-hydrogen) atoms. The number of nitrogens with zero attached hydrogens (tertiary/aromatic N) is 2. The monoisotopic (exact) mass is 308 g/mol. The Hall–Kier alpha value is -1.86. The lowest BCUT2D eigenvalue weighted by Crippen LogP contribution is -2.14. The van der Waals surface area contributed by atoms with E-state index in [1.807, 2.05) is 27.0 Å². The first kappa shape index (κ1) is 15.5. The van der Waals surface area contributed by atoms with Crippen LogP contribution >= 0.6 is 0 Å². The molecule has 0 amide bonds. The lowest BCUT2D eigenvalue weighted by molar-refractivity contribution is 0.601. The van der Waals surface area contributed by atoms with E-state index in [4.69, 9.17) is 0 Å². The average molecular weight is 308 g/mol. The number of nitrogens with one attached hydrogen (secondary N) is 2. The van der Waals surface area contributed by atoms with Crippen molar-refractivity contribution in [3.8, 4) is 0 Å². The second kappa shape index (κ2) is 6.28. The molecule has 0 aliphatic rings. The Kier molecular flexibility index (Phi) is 4.64. The first-order chi connectivity index (χ1) is 9.92. The van der Waals surface area contributed by atoms with E-state index in [0.29, 0.717) is 12.4 Å². The summed E-state index contributed by atoms with van der Waals surface area (Å²) in [7, 11) is -1.79. The molecule has 7 heteroatoms. The van der Waals surface area contributed by atoms with Crippen molar-refractivity contribution in [2.75, 3.05) is 11.3 Å². The van der Waals surface area contributed by atoms with Gasteiger partial charge in [0.2, 0.25) is 0 Å². The van der Waals surface area contributed by atoms with Crippen molar-refractivity contribution in [2.24, 2.45) is 7.05 Å². The molecule has 0 aromatic carbocycles. The van der Waals surface area contributed by atoms with Crippen LogP contribution in [0.4, 0.5) is 5.82 Å². The third kappa shape index (κ3) is 3.83. The van der Waals surface area contributed by atoms with Crippen molar-refractivity contribution in [3.05, 3.63) is 41.9 Å². The molecule has 6 nitrogen and oxygen atoms in total. The molecule has 0 radical (unpaired) electrons.